The summed E-state index contributed by atoms with van der Waals surface area (Å²) in [7, 11) is 0. The third-order valence-electron chi connectivity index (χ3n) is 4.78. The van der Waals surface area contributed by atoms with Crippen molar-refractivity contribution in [2.75, 3.05) is 5.73 Å². The largest absolute Gasteiger partial charge is 0.398 e. The first-order valence-corrected chi connectivity index (χ1v) is 7.45. The van der Waals surface area contributed by atoms with Crippen LogP contribution in [0.4, 0.5) is 5.69 Å². The van der Waals surface area contributed by atoms with Crippen molar-refractivity contribution in [2.45, 2.75) is 32.6 Å². The highest BCUT2D eigenvalue weighted by Crippen LogP contribution is 2.41. The average Bonchev–Trinajstić information content (AvgIpc) is 2.50. The molecule has 0 spiro atoms. The molecule has 0 amide bonds. The first kappa shape index (κ1) is 11.8. The zero-order chi connectivity index (χ0) is 13.7. The summed E-state index contributed by atoms with van der Waals surface area (Å²) in [6, 6.07) is 8.66. The summed E-state index contributed by atoms with van der Waals surface area (Å²) in [6.07, 6.45) is 9.44. The summed E-state index contributed by atoms with van der Waals surface area (Å²) in [5.74, 6) is 0. The molecule has 20 heavy (non-hydrogen) atoms. The van der Waals surface area contributed by atoms with Gasteiger partial charge in [0.2, 0.25) is 0 Å². The Bertz CT molecular complexity index is 778. The van der Waals surface area contributed by atoms with Gasteiger partial charge in [-0.2, -0.15) is 0 Å². The highest BCUT2D eigenvalue weighted by molar-refractivity contribution is 6.01. The number of nitrogens with two attached hydrogens (primary N) is 1. The molecule has 0 heterocycles. The Kier molecular flexibility index (Phi) is 2.50. The molecule has 2 aromatic rings. The fraction of sp³-hybridized carbons (Fsp3) is 0.263. The number of hydrogen-bond donors (Lipinski definition) is 1. The second kappa shape index (κ2) is 4.24. The maximum atomic E-state index is 6.16. The van der Waals surface area contributed by atoms with Gasteiger partial charge < -0.3 is 5.73 Å². The van der Waals surface area contributed by atoms with Crippen molar-refractivity contribution in [1.29, 1.82) is 0 Å². The first-order chi connectivity index (χ1) is 9.75. The van der Waals surface area contributed by atoms with Gasteiger partial charge in [-0.3, -0.25) is 0 Å². The van der Waals surface area contributed by atoms with Crippen LogP contribution in [-0.4, -0.2) is 0 Å². The summed E-state index contributed by atoms with van der Waals surface area (Å²) in [6.45, 7) is 2.20. The lowest BCUT2D eigenvalue weighted by Gasteiger charge is -2.26. The Morgan fingerprint density at radius 1 is 1.00 bits per heavy atom. The molecule has 2 aliphatic carbocycles. The molecule has 100 valence electrons. The van der Waals surface area contributed by atoms with Crippen LogP contribution in [-0.2, 0) is 6.42 Å². The number of anilines is 1. The van der Waals surface area contributed by atoms with Crippen LogP contribution in [0.5, 0.6) is 0 Å². The second-order valence-corrected chi connectivity index (χ2v) is 5.94. The number of allylic oxidation sites excluding steroid dienone is 4. The van der Waals surface area contributed by atoms with Crippen molar-refractivity contribution in [3.63, 3.8) is 0 Å². The van der Waals surface area contributed by atoms with E-state index in [4.69, 9.17) is 5.73 Å². The number of aryl methyl sites for hydroxylation is 2. The van der Waals surface area contributed by atoms with Crippen LogP contribution in [0.1, 0.15) is 36.0 Å². The lowest BCUT2D eigenvalue weighted by atomic mass is 9.79. The maximum Gasteiger partial charge on any atom is 0.0394 e. The lowest BCUT2D eigenvalue weighted by molar-refractivity contribution is 0.831. The molecule has 4 rings (SSSR count). The fourth-order valence-corrected chi connectivity index (χ4v) is 3.77. The normalized spacial score (nSPS) is 17.2. The number of benzene rings is 2. The molecule has 0 radical (unpaired) electrons. The van der Waals surface area contributed by atoms with Gasteiger partial charge in [0.25, 0.3) is 0 Å². The van der Waals surface area contributed by atoms with Crippen molar-refractivity contribution in [3.8, 4) is 0 Å². The highest BCUT2D eigenvalue weighted by atomic mass is 14.5. The van der Waals surface area contributed by atoms with Gasteiger partial charge in [-0.25, -0.2) is 0 Å². The SMILES string of the molecule is Cc1ccc(N)c2ccc3c(c12)CCC1=C3C=CCC1. The third-order valence-corrected chi connectivity index (χ3v) is 4.78. The van der Waals surface area contributed by atoms with Gasteiger partial charge in [0.05, 0.1) is 0 Å². The Balaban J connectivity index is 2.07. The molecular weight excluding hydrogens is 242 g/mol. The average molecular weight is 261 g/mol. The van der Waals surface area contributed by atoms with Gasteiger partial charge in [-0.1, -0.05) is 35.9 Å². The van der Waals surface area contributed by atoms with Crippen molar-refractivity contribution >= 4 is 22.0 Å². The molecule has 0 atom stereocenters. The number of hydrogen-bond acceptors (Lipinski definition) is 1. The van der Waals surface area contributed by atoms with Gasteiger partial charge >= 0.3 is 0 Å². The number of fused-ring (bicyclic) bond motifs is 4. The summed E-state index contributed by atoms with van der Waals surface area (Å²) in [5.41, 5.74) is 14.4. The van der Waals surface area contributed by atoms with Crippen LogP contribution in [0, 0.1) is 6.92 Å². The lowest BCUT2D eigenvalue weighted by Crippen LogP contribution is -2.08. The van der Waals surface area contributed by atoms with Crippen LogP contribution in [0.15, 0.2) is 42.0 Å². The Morgan fingerprint density at radius 2 is 1.90 bits per heavy atom. The quantitative estimate of drug-likeness (QED) is 0.678. The van der Waals surface area contributed by atoms with Crippen LogP contribution in [0.25, 0.3) is 16.3 Å². The topological polar surface area (TPSA) is 26.0 Å². The predicted molar refractivity (Wildman–Crippen MR) is 86.7 cm³/mol. The van der Waals surface area contributed by atoms with E-state index in [1.54, 1.807) is 5.57 Å². The van der Waals surface area contributed by atoms with E-state index in [0.717, 1.165) is 12.1 Å². The zero-order valence-electron chi connectivity index (χ0n) is 11.9. The summed E-state index contributed by atoms with van der Waals surface area (Å²) in [4.78, 5) is 0. The van der Waals surface area contributed by atoms with Crippen LogP contribution in [0.3, 0.4) is 0 Å². The predicted octanol–water partition coefficient (Wildman–Crippen LogP) is 4.78. The smallest absolute Gasteiger partial charge is 0.0394 e. The minimum atomic E-state index is 0.896. The van der Waals surface area contributed by atoms with Crippen molar-refractivity contribution in [1.82, 2.24) is 0 Å². The monoisotopic (exact) mass is 261 g/mol. The highest BCUT2D eigenvalue weighted by Gasteiger charge is 2.21. The van der Waals surface area contributed by atoms with E-state index in [0.29, 0.717) is 0 Å². The summed E-state index contributed by atoms with van der Waals surface area (Å²) < 4.78 is 0. The van der Waals surface area contributed by atoms with Gasteiger partial charge in [0.1, 0.15) is 0 Å². The molecule has 0 bridgehead atoms. The van der Waals surface area contributed by atoms with Crippen molar-refractivity contribution < 1.29 is 0 Å². The van der Waals surface area contributed by atoms with Crippen LogP contribution in [0.2, 0.25) is 0 Å². The van der Waals surface area contributed by atoms with E-state index in [1.807, 2.05) is 6.07 Å². The van der Waals surface area contributed by atoms with Crippen LogP contribution < -0.4 is 5.73 Å². The molecule has 1 nitrogen and oxygen atoms in total. The molecular formula is C19H19N. The number of rotatable bonds is 0. The Labute approximate surface area is 119 Å². The molecule has 0 fully saturated rings. The molecule has 1 heteroatoms. The van der Waals surface area contributed by atoms with E-state index in [2.05, 4.69) is 37.3 Å². The van der Waals surface area contributed by atoms with Crippen molar-refractivity contribution in [3.05, 3.63) is 58.7 Å². The zero-order valence-corrected chi connectivity index (χ0v) is 11.9. The van der Waals surface area contributed by atoms with Crippen molar-refractivity contribution in [2.24, 2.45) is 0 Å². The Hall–Kier alpha value is -2.02. The standard InChI is InChI=1S/C19H19N/c1-12-6-11-18(20)17-10-9-15-14-5-3-2-4-13(14)7-8-16(15)19(12)17/h3,5-6,9-11H,2,4,7-8,20H2,1H3. The Morgan fingerprint density at radius 3 is 2.80 bits per heavy atom. The first-order valence-electron chi connectivity index (χ1n) is 7.45. The minimum absolute atomic E-state index is 0.896. The number of nitrogen functional groups attached to an aromatic ring is 1. The van der Waals surface area contributed by atoms with E-state index in [9.17, 15) is 0 Å². The maximum absolute atomic E-state index is 6.16. The van der Waals surface area contributed by atoms with E-state index in [-0.39, 0.29) is 0 Å². The second-order valence-electron chi connectivity index (χ2n) is 5.94. The van der Waals surface area contributed by atoms with E-state index < -0.39 is 0 Å². The van der Waals surface area contributed by atoms with Gasteiger partial charge in [-0.05, 0) is 66.3 Å². The molecule has 0 saturated carbocycles. The van der Waals surface area contributed by atoms with Gasteiger partial charge in [0.15, 0.2) is 0 Å². The molecule has 0 unspecified atom stereocenters. The van der Waals surface area contributed by atoms with Gasteiger partial charge in [-0.15, -0.1) is 0 Å². The van der Waals surface area contributed by atoms with E-state index >= 15 is 0 Å². The molecule has 2 aromatic carbocycles. The summed E-state index contributed by atoms with van der Waals surface area (Å²) in [5, 5.41) is 2.60. The van der Waals surface area contributed by atoms with Crippen LogP contribution >= 0.6 is 0 Å². The van der Waals surface area contributed by atoms with E-state index in [1.165, 1.54) is 52.3 Å². The summed E-state index contributed by atoms with van der Waals surface area (Å²) >= 11 is 0. The molecule has 2 N–H and O–H groups in total. The fourth-order valence-electron chi connectivity index (χ4n) is 3.77. The third kappa shape index (κ3) is 1.56. The van der Waals surface area contributed by atoms with Gasteiger partial charge in [0, 0.05) is 11.1 Å². The molecule has 0 aromatic heterocycles. The molecule has 2 aliphatic rings. The molecule has 0 saturated heterocycles. The minimum Gasteiger partial charge on any atom is -0.398 e. The molecule has 0 aliphatic heterocycles.